The van der Waals surface area contributed by atoms with Crippen LogP contribution in [-0.2, 0) is 9.09 Å². The molecule has 3 aromatic carbocycles. The lowest BCUT2D eigenvalue weighted by Gasteiger charge is -2.22. The van der Waals surface area contributed by atoms with E-state index in [4.69, 9.17) is 16.1 Å². The Morgan fingerprint density at radius 1 is 0.741 bits per heavy atom. The van der Waals surface area contributed by atoms with E-state index < -0.39 is 7.37 Å². The first-order chi connectivity index (χ1) is 13.1. The van der Waals surface area contributed by atoms with Crippen LogP contribution in [0.5, 0.6) is 0 Å². The highest BCUT2D eigenvalue weighted by molar-refractivity contribution is 7.71. The van der Waals surface area contributed by atoms with Crippen molar-refractivity contribution in [3.63, 3.8) is 0 Å². The van der Waals surface area contributed by atoms with E-state index >= 15 is 0 Å². The summed E-state index contributed by atoms with van der Waals surface area (Å²) in [5, 5.41) is 1.54. The van der Waals surface area contributed by atoms with E-state index in [9.17, 15) is 4.57 Å². The van der Waals surface area contributed by atoms with Gasteiger partial charge in [0, 0.05) is 12.4 Å². The summed E-state index contributed by atoms with van der Waals surface area (Å²) < 4.78 is 19.5. The molecule has 0 amide bonds. The van der Waals surface area contributed by atoms with Crippen molar-refractivity contribution in [2.24, 2.45) is 0 Å². The third-order valence-electron chi connectivity index (χ3n) is 4.70. The fraction of sp³-hybridized carbons (Fsp3) is 0.0435. The molecule has 4 heteroatoms. The summed E-state index contributed by atoms with van der Waals surface area (Å²) in [6.45, 7) is 0. The van der Waals surface area contributed by atoms with Crippen molar-refractivity contribution in [3.05, 3.63) is 100 Å². The number of allylic oxidation sites excluding steroid dienone is 2. The Hall–Kier alpha value is -2.38. The minimum atomic E-state index is -3.34. The normalized spacial score (nSPS) is 19.2. The van der Waals surface area contributed by atoms with Gasteiger partial charge in [0.15, 0.2) is 0 Å². The van der Waals surface area contributed by atoms with Gasteiger partial charge in [-0.3, -0.25) is 4.57 Å². The molecule has 4 rings (SSSR count). The largest absolute Gasteiger partial charge is 0.325 e. The average Bonchev–Trinajstić information content (AvgIpc) is 2.71. The van der Waals surface area contributed by atoms with Crippen molar-refractivity contribution in [2.45, 2.75) is 0 Å². The second kappa shape index (κ2) is 7.32. The maximum atomic E-state index is 13.9. The van der Waals surface area contributed by atoms with Gasteiger partial charge in [-0.05, 0) is 46.5 Å². The molecule has 1 atom stereocenters. The van der Waals surface area contributed by atoms with Gasteiger partial charge in [-0.25, -0.2) is 0 Å². The molecule has 1 aliphatic carbocycles. The Morgan fingerprint density at radius 2 is 1.26 bits per heavy atom. The monoisotopic (exact) mass is 392 g/mol. The number of hydrogen-bond acceptors (Lipinski definition) is 2. The average molecular weight is 393 g/mol. The van der Waals surface area contributed by atoms with Gasteiger partial charge in [-0.1, -0.05) is 78.3 Å². The van der Waals surface area contributed by atoms with Gasteiger partial charge < -0.3 is 4.52 Å². The van der Waals surface area contributed by atoms with Crippen LogP contribution in [0.1, 0.15) is 11.1 Å². The molecule has 1 aliphatic rings. The Morgan fingerprint density at radius 3 is 1.85 bits per heavy atom. The molecule has 2 nitrogen and oxygen atoms in total. The number of benzene rings is 3. The molecule has 27 heavy (non-hydrogen) atoms. The summed E-state index contributed by atoms with van der Waals surface area (Å²) in [6, 6.07) is 25.3. The van der Waals surface area contributed by atoms with Crippen molar-refractivity contribution in [1.82, 2.24) is 0 Å². The lowest BCUT2D eigenvalue weighted by atomic mass is 9.93. The van der Waals surface area contributed by atoms with Crippen LogP contribution < -0.4 is 5.30 Å². The van der Waals surface area contributed by atoms with Gasteiger partial charge >= 0.3 is 0 Å². The predicted molar refractivity (Wildman–Crippen MR) is 114 cm³/mol. The molecule has 134 valence electrons. The summed E-state index contributed by atoms with van der Waals surface area (Å²) in [7, 11) is -1.87. The highest BCUT2D eigenvalue weighted by atomic mass is 35.5. The Balaban J connectivity index is 2.01. The predicted octanol–water partition coefficient (Wildman–Crippen LogP) is 6.54. The molecular formula is C23H18ClO2P. The lowest BCUT2D eigenvalue weighted by molar-refractivity contribution is 0.410. The Kier molecular flexibility index (Phi) is 4.88. The first-order valence-electron chi connectivity index (χ1n) is 8.63. The standard InChI is InChI=1S/C23H18ClO2P/c1-26-27(25,19-11-3-2-4-12-19)23-16-18-10-6-8-14-21(18)20-13-7-5-9-17(20)15-22(23)24/h2-16H,1H3/b17-15?,18-16?,21-20?,22-15+,23-16+,23-22?. The molecule has 0 aliphatic heterocycles. The third-order valence-corrected chi connectivity index (χ3v) is 7.64. The summed E-state index contributed by atoms with van der Waals surface area (Å²) in [5.41, 5.74) is 4.10. The molecule has 0 spiro atoms. The summed E-state index contributed by atoms with van der Waals surface area (Å²) in [5.74, 6) is 0. The van der Waals surface area contributed by atoms with Gasteiger partial charge in [0.1, 0.15) is 0 Å². The van der Waals surface area contributed by atoms with Crippen molar-refractivity contribution < 1.29 is 9.09 Å². The van der Waals surface area contributed by atoms with E-state index in [1.54, 1.807) is 0 Å². The van der Waals surface area contributed by atoms with Crippen molar-refractivity contribution in [3.8, 4) is 11.1 Å². The van der Waals surface area contributed by atoms with E-state index in [-0.39, 0.29) is 0 Å². The summed E-state index contributed by atoms with van der Waals surface area (Å²) >= 11 is 6.71. The zero-order valence-corrected chi connectivity index (χ0v) is 16.5. The molecule has 3 aromatic rings. The molecule has 0 aromatic heterocycles. The lowest BCUT2D eigenvalue weighted by Crippen LogP contribution is -2.08. The van der Waals surface area contributed by atoms with E-state index in [2.05, 4.69) is 12.1 Å². The van der Waals surface area contributed by atoms with E-state index in [0.717, 1.165) is 22.3 Å². The van der Waals surface area contributed by atoms with Crippen LogP contribution in [0.3, 0.4) is 0 Å². The molecule has 0 N–H and O–H groups in total. The van der Waals surface area contributed by atoms with Gasteiger partial charge in [-0.15, -0.1) is 0 Å². The van der Waals surface area contributed by atoms with Gasteiger partial charge in [0.2, 0.25) is 0 Å². The first kappa shape index (κ1) is 18.0. The fourth-order valence-electron chi connectivity index (χ4n) is 3.36. The van der Waals surface area contributed by atoms with Crippen LogP contribution >= 0.6 is 19.0 Å². The highest BCUT2D eigenvalue weighted by Crippen LogP contribution is 2.58. The third kappa shape index (κ3) is 3.21. The molecule has 0 saturated carbocycles. The maximum Gasteiger partial charge on any atom is 0.262 e. The molecule has 0 heterocycles. The van der Waals surface area contributed by atoms with E-state index in [1.165, 1.54) is 7.11 Å². The molecule has 0 bridgehead atoms. The van der Waals surface area contributed by atoms with Crippen LogP contribution in [0.2, 0.25) is 0 Å². The number of rotatable bonds is 3. The minimum Gasteiger partial charge on any atom is -0.325 e. The molecular weight excluding hydrogens is 375 g/mol. The second-order valence-corrected chi connectivity index (χ2v) is 9.14. The smallest absolute Gasteiger partial charge is 0.262 e. The van der Waals surface area contributed by atoms with Gasteiger partial charge in [-0.2, -0.15) is 0 Å². The number of halogens is 1. The van der Waals surface area contributed by atoms with Crippen molar-refractivity contribution in [2.75, 3.05) is 7.11 Å². The van der Waals surface area contributed by atoms with Crippen LogP contribution in [0.4, 0.5) is 0 Å². The van der Waals surface area contributed by atoms with E-state index in [0.29, 0.717) is 15.7 Å². The number of hydrogen-bond donors (Lipinski definition) is 0. The zero-order chi connectivity index (χ0) is 18.9. The van der Waals surface area contributed by atoms with Crippen LogP contribution in [0, 0.1) is 0 Å². The topological polar surface area (TPSA) is 26.3 Å². The Labute approximate surface area is 164 Å². The second-order valence-electron chi connectivity index (χ2n) is 6.27. The maximum absolute atomic E-state index is 13.9. The first-order valence-corrected chi connectivity index (χ1v) is 10.6. The quantitative estimate of drug-likeness (QED) is 0.473. The molecule has 1 unspecified atom stereocenters. The SMILES string of the molecule is COP(=O)(C1=C/c2ccccc2-c2ccccc2/C=C\1Cl)c1ccccc1. The van der Waals surface area contributed by atoms with Crippen LogP contribution in [-0.4, -0.2) is 7.11 Å². The number of fused-ring (bicyclic) bond motifs is 3. The summed E-state index contributed by atoms with van der Waals surface area (Å²) in [4.78, 5) is 0. The van der Waals surface area contributed by atoms with Gasteiger partial charge in [0.05, 0.1) is 10.3 Å². The Bertz CT molecular complexity index is 1100. The van der Waals surface area contributed by atoms with Crippen molar-refractivity contribution >= 4 is 36.4 Å². The van der Waals surface area contributed by atoms with Crippen molar-refractivity contribution in [1.29, 1.82) is 0 Å². The van der Waals surface area contributed by atoms with E-state index in [1.807, 2.05) is 78.9 Å². The zero-order valence-electron chi connectivity index (χ0n) is 14.8. The molecule has 0 saturated heterocycles. The molecule has 0 fully saturated rings. The van der Waals surface area contributed by atoms with Crippen LogP contribution in [0.15, 0.2) is 89.2 Å². The highest BCUT2D eigenvalue weighted by Gasteiger charge is 2.32. The van der Waals surface area contributed by atoms with Crippen LogP contribution in [0.25, 0.3) is 23.3 Å². The molecule has 0 radical (unpaired) electrons. The summed E-state index contributed by atoms with van der Waals surface area (Å²) in [6.07, 6.45) is 3.76. The fourth-order valence-corrected chi connectivity index (χ4v) is 5.77. The van der Waals surface area contributed by atoms with Gasteiger partial charge in [0.25, 0.3) is 7.37 Å². The minimum absolute atomic E-state index is 0.422.